The van der Waals surface area contributed by atoms with Gasteiger partial charge < -0.3 is 10.6 Å². The number of aromatic nitrogens is 2. The van der Waals surface area contributed by atoms with Gasteiger partial charge >= 0.3 is 0 Å². The monoisotopic (exact) mass is 323 g/mol. The number of hydrogen-bond acceptors (Lipinski definition) is 5. The topological polar surface area (TPSA) is 110 Å². The Balaban J connectivity index is 2.03. The van der Waals surface area contributed by atoms with Crippen molar-refractivity contribution in [1.82, 2.24) is 9.97 Å². The van der Waals surface area contributed by atoms with Crippen molar-refractivity contribution in [3.8, 4) is 0 Å². The summed E-state index contributed by atoms with van der Waals surface area (Å²) in [5.74, 6) is 0.383. The zero-order chi connectivity index (χ0) is 15.5. The molecule has 1 heterocycles. The van der Waals surface area contributed by atoms with Crippen LogP contribution in [0.25, 0.3) is 0 Å². The van der Waals surface area contributed by atoms with E-state index in [2.05, 4.69) is 20.6 Å². The molecule has 1 aromatic carbocycles. The molecule has 2 rings (SSSR count). The number of hydrogen-bond donors (Lipinski definition) is 3. The zero-order valence-corrected chi connectivity index (χ0v) is 12.7. The molecule has 1 aromatic heterocycles. The van der Waals surface area contributed by atoms with Gasteiger partial charge in [-0.2, -0.15) is 0 Å². The molecule has 0 aliphatic heterocycles. The van der Waals surface area contributed by atoms with Crippen LogP contribution in [-0.2, 0) is 10.0 Å². The largest absolute Gasteiger partial charge is 0.332 e. The van der Waals surface area contributed by atoms with Gasteiger partial charge in [-0.15, -0.1) is 0 Å². The highest BCUT2D eigenvalue weighted by Gasteiger charge is 2.07. The Morgan fingerprint density at radius 2 is 1.86 bits per heavy atom. The fourth-order valence-electron chi connectivity index (χ4n) is 1.50. The van der Waals surface area contributed by atoms with E-state index in [-0.39, 0.29) is 4.90 Å². The SMILES string of the molecule is Cc1ccnc(NC(=S)Nc2ccc(S(N)(=O)=O)cc2)n1. The summed E-state index contributed by atoms with van der Waals surface area (Å²) in [5, 5.41) is 11.0. The first-order valence-electron chi connectivity index (χ1n) is 5.85. The van der Waals surface area contributed by atoms with Gasteiger partial charge in [-0.3, -0.25) is 0 Å². The molecule has 0 bridgehead atoms. The number of primary sulfonamides is 1. The van der Waals surface area contributed by atoms with Crippen molar-refractivity contribution in [3.63, 3.8) is 0 Å². The predicted octanol–water partition coefficient (Wildman–Crippen LogP) is 1.24. The molecular formula is C12H13N5O2S2. The van der Waals surface area contributed by atoms with Crippen LogP contribution >= 0.6 is 12.2 Å². The second-order valence-corrected chi connectivity index (χ2v) is 6.14. The fraction of sp³-hybridized carbons (Fsp3) is 0.0833. The normalized spacial score (nSPS) is 11.0. The van der Waals surface area contributed by atoms with Crippen LogP contribution in [0, 0.1) is 6.92 Å². The van der Waals surface area contributed by atoms with Crippen molar-refractivity contribution < 1.29 is 8.42 Å². The molecule has 0 aliphatic rings. The van der Waals surface area contributed by atoms with Gasteiger partial charge in [0.25, 0.3) is 0 Å². The van der Waals surface area contributed by atoms with E-state index in [1.807, 2.05) is 6.92 Å². The summed E-state index contributed by atoms with van der Waals surface area (Å²) in [7, 11) is -3.70. The van der Waals surface area contributed by atoms with Gasteiger partial charge in [0.2, 0.25) is 16.0 Å². The molecule has 0 saturated heterocycles. The van der Waals surface area contributed by atoms with Crippen molar-refractivity contribution in [2.75, 3.05) is 10.6 Å². The number of nitrogens with zero attached hydrogens (tertiary/aromatic N) is 2. The zero-order valence-electron chi connectivity index (χ0n) is 11.1. The minimum absolute atomic E-state index is 0.0361. The molecule has 4 N–H and O–H groups in total. The maximum absolute atomic E-state index is 11.1. The Kier molecular flexibility index (Phi) is 4.46. The highest BCUT2D eigenvalue weighted by Crippen LogP contribution is 2.13. The smallest absolute Gasteiger partial charge is 0.238 e. The summed E-state index contributed by atoms with van der Waals surface area (Å²) in [4.78, 5) is 8.21. The van der Waals surface area contributed by atoms with E-state index in [0.29, 0.717) is 16.7 Å². The van der Waals surface area contributed by atoms with Crippen LogP contribution in [0.15, 0.2) is 41.4 Å². The number of thiocarbonyl (C=S) groups is 1. The number of rotatable bonds is 3. The summed E-state index contributed by atoms with van der Waals surface area (Å²) in [6, 6.07) is 7.68. The molecule has 9 heteroatoms. The first-order valence-corrected chi connectivity index (χ1v) is 7.80. The molecule has 21 heavy (non-hydrogen) atoms. The van der Waals surface area contributed by atoms with Gasteiger partial charge in [-0.05, 0) is 49.5 Å². The first kappa shape index (κ1) is 15.3. The minimum atomic E-state index is -3.70. The van der Waals surface area contributed by atoms with Gasteiger partial charge in [0.05, 0.1) is 4.90 Å². The summed E-state index contributed by atoms with van der Waals surface area (Å²) in [6.07, 6.45) is 1.62. The van der Waals surface area contributed by atoms with E-state index in [1.54, 1.807) is 24.4 Å². The Labute approximate surface area is 127 Å². The van der Waals surface area contributed by atoms with Crippen molar-refractivity contribution in [2.45, 2.75) is 11.8 Å². The second kappa shape index (κ2) is 6.12. The molecule has 0 radical (unpaired) electrons. The van der Waals surface area contributed by atoms with Crippen LogP contribution < -0.4 is 15.8 Å². The Morgan fingerprint density at radius 1 is 1.19 bits per heavy atom. The second-order valence-electron chi connectivity index (χ2n) is 4.17. The van der Waals surface area contributed by atoms with Gasteiger partial charge in [0.15, 0.2) is 5.11 Å². The molecule has 0 atom stereocenters. The Bertz CT molecular complexity index is 759. The third-order valence-corrected chi connectivity index (χ3v) is 3.59. The lowest BCUT2D eigenvalue weighted by Gasteiger charge is -2.09. The number of sulfonamides is 1. The summed E-state index contributed by atoms with van der Waals surface area (Å²) in [5.41, 5.74) is 1.43. The number of anilines is 2. The molecule has 2 aromatic rings. The Hall–Kier alpha value is -2.10. The molecule has 0 aliphatic carbocycles. The van der Waals surface area contributed by atoms with Crippen LogP contribution in [0.3, 0.4) is 0 Å². The summed E-state index contributed by atoms with van der Waals surface area (Å²) in [6.45, 7) is 1.84. The first-order chi connectivity index (χ1) is 9.84. The maximum atomic E-state index is 11.1. The molecule has 0 unspecified atom stereocenters. The summed E-state index contributed by atoms with van der Waals surface area (Å²) >= 11 is 5.12. The van der Waals surface area contributed by atoms with E-state index < -0.39 is 10.0 Å². The van der Waals surface area contributed by atoms with E-state index in [9.17, 15) is 8.42 Å². The van der Waals surface area contributed by atoms with Crippen molar-refractivity contribution in [3.05, 3.63) is 42.2 Å². The van der Waals surface area contributed by atoms with Crippen LogP contribution in [0.2, 0.25) is 0 Å². The van der Waals surface area contributed by atoms with Crippen LogP contribution in [0.4, 0.5) is 11.6 Å². The number of aryl methyl sites for hydroxylation is 1. The van der Waals surface area contributed by atoms with Crippen molar-refractivity contribution in [1.29, 1.82) is 0 Å². The highest BCUT2D eigenvalue weighted by molar-refractivity contribution is 7.89. The van der Waals surface area contributed by atoms with Crippen LogP contribution in [0.1, 0.15) is 5.69 Å². The number of benzene rings is 1. The van der Waals surface area contributed by atoms with E-state index in [4.69, 9.17) is 17.4 Å². The van der Waals surface area contributed by atoms with Crippen LogP contribution in [0.5, 0.6) is 0 Å². The third kappa shape index (κ3) is 4.45. The average molecular weight is 323 g/mol. The molecule has 0 saturated carbocycles. The molecule has 7 nitrogen and oxygen atoms in total. The number of nitrogens with one attached hydrogen (secondary N) is 2. The summed E-state index contributed by atoms with van der Waals surface area (Å²) < 4.78 is 22.3. The molecule has 0 amide bonds. The fourth-order valence-corrected chi connectivity index (χ4v) is 2.23. The van der Waals surface area contributed by atoms with E-state index >= 15 is 0 Å². The molecule has 110 valence electrons. The third-order valence-electron chi connectivity index (χ3n) is 2.46. The van der Waals surface area contributed by atoms with Crippen LogP contribution in [-0.4, -0.2) is 23.5 Å². The lowest BCUT2D eigenvalue weighted by atomic mass is 10.3. The van der Waals surface area contributed by atoms with Crippen molar-refractivity contribution in [2.24, 2.45) is 5.14 Å². The minimum Gasteiger partial charge on any atom is -0.332 e. The maximum Gasteiger partial charge on any atom is 0.238 e. The van der Waals surface area contributed by atoms with Crippen molar-refractivity contribution >= 4 is 39.0 Å². The molecular weight excluding hydrogens is 310 g/mol. The van der Waals surface area contributed by atoms with Gasteiger partial charge in [0.1, 0.15) is 0 Å². The van der Waals surface area contributed by atoms with E-state index in [1.165, 1.54) is 12.1 Å². The Morgan fingerprint density at radius 3 is 2.43 bits per heavy atom. The van der Waals surface area contributed by atoms with Gasteiger partial charge in [-0.25, -0.2) is 23.5 Å². The molecule has 0 fully saturated rings. The lowest BCUT2D eigenvalue weighted by molar-refractivity contribution is 0.598. The predicted molar refractivity (Wildman–Crippen MR) is 84.4 cm³/mol. The number of nitrogens with two attached hydrogens (primary N) is 1. The average Bonchev–Trinajstić information content (AvgIpc) is 2.38. The standard InChI is InChI=1S/C12H13N5O2S2/c1-8-6-7-14-11(15-8)17-12(20)16-9-2-4-10(5-3-9)21(13,18)19/h2-7H,1H3,(H2,13,18,19)(H2,14,15,16,17,20). The van der Waals surface area contributed by atoms with E-state index in [0.717, 1.165) is 5.69 Å². The lowest BCUT2D eigenvalue weighted by Crippen LogP contribution is -2.20. The highest BCUT2D eigenvalue weighted by atomic mass is 32.2. The van der Waals surface area contributed by atoms with Gasteiger partial charge in [-0.1, -0.05) is 0 Å². The molecule has 0 spiro atoms. The quantitative estimate of drug-likeness (QED) is 0.729. The van der Waals surface area contributed by atoms with Gasteiger partial charge in [0, 0.05) is 17.6 Å².